The van der Waals surface area contributed by atoms with E-state index in [1.165, 1.54) is 6.07 Å². The first kappa shape index (κ1) is 12.1. The van der Waals surface area contributed by atoms with Crippen LogP contribution in [0.4, 0.5) is 4.39 Å². The van der Waals surface area contributed by atoms with Crippen molar-refractivity contribution in [2.45, 2.75) is 33.2 Å². The summed E-state index contributed by atoms with van der Waals surface area (Å²) in [5.41, 5.74) is 2.52. The third-order valence-corrected chi connectivity index (χ3v) is 2.91. The third kappa shape index (κ3) is 2.50. The van der Waals surface area contributed by atoms with Gasteiger partial charge in [0.1, 0.15) is 0 Å². The molecule has 0 atom stereocenters. The van der Waals surface area contributed by atoms with E-state index in [2.05, 4.69) is 19.2 Å². The number of aryl methyl sites for hydroxylation is 1. The summed E-state index contributed by atoms with van der Waals surface area (Å²) in [7, 11) is 0. The van der Waals surface area contributed by atoms with Crippen LogP contribution in [0.5, 0.6) is 0 Å². The Morgan fingerprint density at radius 3 is 2.82 bits per heavy atom. The van der Waals surface area contributed by atoms with Crippen molar-refractivity contribution in [3.8, 4) is 0 Å². The molecule has 0 fully saturated rings. The molecule has 1 heterocycles. The van der Waals surface area contributed by atoms with E-state index in [0.717, 1.165) is 29.5 Å². The molecule has 0 saturated carbocycles. The lowest BCUT2D eigenvalue weighted by molar-refractivity contribution is 0.554. The van der Waals surface area contributed by atoms with Crippen LogP contribution in [0.2, 0.25) is 0 Å². The number of hydrogen-bond donors (Lipinski definition) is 1. The highest BCUT2D eigenvalue weighted by Crippen LogP contribution is 2.27. The average molecular weight is 235 g/mol. The van der Waals surface area contributed by atoms with Crippen molar-refractivity contribution in [1.29, 1.82) is 0 Å². The molecule has 17 heavy (non-hydrogen) atoms. The van der Waals surface area contributed by atoms with Crippen LogP contribution in [0.1, 0.15) is 25.0 Å². The summed E-state index contributed by atoms with van der Waals surface area (Å²) in [6.45, 7) is 7.08. The van der Waals surface area contributed by atoms with E-state index in [0.29, 0.717) is 11.6 Å². The van der Waals surface area contributed by atoms with Gasteiger partial charge in [0.15, 0.2) is 11.4 Å². The number of rotatable bonds is 4. The predicted octanol–water partition coefficient (Wildman–Crippen LogP) is 3.42. The first-order valence-electron chi connectivity index (χ1n) is 5.98. The predicted molar refractivity (Wildman–Crippen MR) is 67.8 cm³/mol. The van der Waals surface area contributed by atoms with Crippen molar-refractivity contribution in [2.24, 2.45) is 0 Å². The Kier molecular flexibility index (Phi) is 3.48. The molecule has 0 unspecified atom stereocenters. The van der Waals surface area contributed by atoms with Crippen LogP contribution in [-0.2, 0) is 6.42 Å². The second-order valence-corrected chi connectivity index (χ2v) is 4.69. The molecule has 92 valence electrons. The fraction of sp³-hybridized carbons (Fsp3) is 0.429. The van der Waals surface area contributed by atoms with Gasteiger partial charge in [0.05, 0.1) is 6.26 Å². The number of halogens is 1. The van der Waals surface area contributed by atoms with Gasteiger partial charge >= 0.3 is 0 Å². The molecule has 0 bridgehead atoms. The molecule has 0 aliphatic heterocycles. The van der Waals surface area contributed by atoms with Gasteiger partial charge in [-0.05, 0) is 37.1 Å². The Balaban J connectivity index is 2.26. The number of furan rings is 1. The maximum atomic E-state index is 13.5. The average Bonchev–Trinajstić information content (AvgIpc) is 2.68. The largest absolute Gasteiger partial charge is 0.461 e. The Hall–Kier alpha value is -1.35. The van der Waals surface area contributed by atoms with Crippen molar-refractivity contribution in [2.75, 3.05) is 6.54 Å². The van der Waals surface area contributed by atoms with E-state index >= 15 is 0 Å². The van der Waals surface area contributed by atoms with Crippen molar-refractivity contribution in [3.05, 3.63) is 35.3 Å². The molecule has 3 heteroatoms. The lowest BCUT2D eigenvalue weighted by Gasteiger charge is -2.07. The normalized spacial score (nSPS) is 11.6. The van der Waals surface area contributed by atoms with Gasteiger partial charge in [-0.2, -0.15) is 0 Å². The monoisotopic (exact) mass is 235 g/mol. The van der Waals surface area contributed by atoms with Gasteiger partial charge in [-0.15, -0.1) is 0 Å². The molecule has 0 radical (unpaired) electrons. The van der Waals surface area contributed by atoms with Crippen LogP contribution in [-0.4, -0.2) is 12.6 Å². The molecular weight excluding hydrogens is 217 g/mol. The van der Waals surface area contributed by atoms with Gasteiger partial charge in [-0.3, -0.25) is 0 Å². The van der Waals surface area contributed by atoms with Gasteiger partial charge in [0, 0.05) is 11.4 Å². The van der Waals surface area contributed by atoms with E-state index < -0.39 is 0 Å². The Morgan fingerprint density at radius 1 is 1.35 bits per heavy atom. The van der Waals surface area contributed by atoms with Gasteiger partial charge in [0.2, 0.25) is 0 Å². The summed E-state index contributed by atoms with van der Waals surface area (Å²) in [6, 6.07) is 3.72. The fourth-order valence-electron chi connectivity index (χ4n) is 2.04. The van der Waals surface area contributed by atoms with Crippen LogP contribution in [0.3, 0.4) is 0 Å². The van der Waals surface area contributed by atoms with Gasteiger partial charge in [-0.25, -0.2) is 4.39 Å². The molecular formula is C14H18FNO. The molecule has 0 saturated heterocycles. The summed E-state index contributed by atoms with van der Waals surface area (Å²) in [4.78, 5) is 0. The topological polar surface area (TPSA) is 25.2 Å². The van der Waals surface area contributed by atoms with Gasteiger partial charge in [-0.1, -0.05) is 19.9 Å². The van der Waals surface area contributed by atoms with Crippen molar-refractivity contribution in [3.63, 3.8) is 0 Å². The molecule has 0 aliphatic carbocycles. The molecule has 1 N–H and O–H groups in total. The zero-order chi connectivity index (χ0) is 12.4. The minimum absolute atomic E-state index is 0.284. The van der Waals surface area contributed by atoms with E-state index in [9.17, 15) is 4.39 Å². The SMILES string of the molecule is Cc1ccc(F)c2occ(CCNC(C)C)c12. The summed E-state index contributed by atoms with van der Waals surface area (Å²) < 4.78 is 18.8. The Bertz CT molecular complexity index is 516. The summed E-state index contributed by atoms with van der Waals surface area (Å²) in [6.07, 6.45) is 2.53. The second kappa shape index (κ2) is 4.88. The highest BCUT2D eigenvalue weighted by atomic mass is 19.1. The minimum Gasteiger partial charge on any atom is -0.461 e. The number of benzene rings is 1. The number of fused-ring (bicyclic) bond motifs is 1. The Labute approximate surface area is 101 Å². The summed E-state index contributed by atoms with van der Waals surface area (Å²) in [5.74, 6) is -0.284. The molecule has 1 aromatic heterocycles. The lowest BCUT2D eigenvalue weighted by Crippen LogP contribution is -2.24. The highest BCUT2D eigenvalue weighted by Gasteiger charge is 2.12. The van der Waals surface area contributed by atoms with Crippen LogP contribution in [0.15, 0.2) is 22.8 Å². The van der Waals surface area contributed by atoms with E-state index in [1.54, 1.807) is 12.3 Å². The smallest absolute Gasteiger partial charge is 0.170 e. The second-order valence-electron chi connectivity index (χ2n) is 4.69. The fourth-order valence-corrected chi connectivity index (χ4v) is 2.04. The standard InChI is InChI=1S/C14H18FNO/c1-9(2)16-7-6-11-8-17-14-12(15)5-4-10(3)13(11)14/h4-5,8-9,16H,6-7H2,1-3H3. The first-order valence-corrected chi connectivity index (χ1v) is 5.98. The number of nitrogens with one attached hydrogen (secondary N) is 1. The highest BCUT2D eigenvalue weighted by molar-refractivity contribution is 5.85. The Morgan fingerprint density at radius 2 is 2.12 bits per heavy atom. The van der Waals surface area contributed by atoms with Crippen LogP contribution < -0.4 is 5.32 Å². The van der Waals surface area contributed by atoms with Crippen molar-refractivity contribution < 1.29 is 8.81 Å². The molecule has 0 amide bonds. The molecule has 2 rings (SSSR count). The maximum Gasteiger partial charge on any atom is 0.170 e. The van der Waals surface area contributed by atoms with Crippen LogP contribution >= 0.6 is 0 Å². The summed E-state index contributed by atoms with van der Waals surface area (Å²) >= 11 is 0. The van der Waals surface area contributed by atoms with Crippen molar-refractivity contribution in [1.82, 2.24) is 5.32 Å². The van der Waals surface area contributed by atoms with Crippen LogP contribution in [0, 0.1) is 12.7 Å². The molecule has 0 spiro atoms. The lowest BCUT2D eigenvalue weighted by atomic mass is 10.1. The van der Waals surface area contributed by atoms with E-state index in [-0.39, 0.29) is 5.82 Å². The quantitative estimate of drug-likeness (QED) is 0.878. The van der Waals surface area contributed by atoms with Crippen molar-refractivity contribution >= 4 is 11.0 Å². The van der Waals surface area contributed by atoms with E-state index in [4.69, 9.17) is 4.42 Å². The first-order chi connectivity index (χ1) is 8.09. The minimum atomic E-state index is -0.284. The summed E-state index contributed by atoms with van der Waals surface area (Å²) in [5, 5.41) is 4.27. The zero-order valence-electron chi connectivity index (χ0n) is 10.5. The number of hydrogen-bond acceptors (Lipinski definition) is 2. The van der Waals surface area contributed by atoms with Gasteiger partial charge in [0.25, 0.3) is 0 Å². The molecule has 1 aromatic carbocycles. The molecule has 0 aliphatic rings. The third-order valence-electron chi connectivity index (χ3n) is 2.91. The molecule has 2 aromatic rings. The zero-order valence-corrected chi connectivity index (χ0v) is 10.5. The van der Waals surface area contributed by atoms with Gasteiger partial charge < -0.3 is 9.73 Å². The van der Waals surface area contributed by atoms with E-state index in [1.807, 2.05) is 6.92 Å². The molecule has 2 nitrogen and oxygen atoms in total. The van der Waals surface area contributed by atoms with Crippen LogP contribution in [0.25, 0.3) is 11.0 Å². The maximum absolute atomic E-state index is 13.5.